The zero-order chi connectivity index (χ0) is 33.4. The van der Waals surface area contributed by atoms with Gasteiger partial charge in [-0.2, -0.15) is 0 Å². The number of rotatable bonds is 6. The normalized spacial score (nSPS) is 11.3. The molecule has 4 heteroatoms. The van der Waals surface area contributed by atoms with Crippen LogP contribution in [0.15, 0.2) is 174 Å². The maximum atomic E-state index is 6.48. The summed E-state index contributed by atoms with van der Waals surface area (Å²) < 4.78 is 6.48. The van der Waals surface area contributed by atoms with Crippen molar-refractivity contribution in [3.05, 3.63) is 175 Å². The lowest BCUT2D eigenvalue weighted by Gasteiger charge is -2.14. The topological polar surface area (TPSA) is 51.8 Å². The van der Waals surface area contributed by atoms with Gasteiger partial charge in [0.2, 0.25) is 0 Å². The minimum Gasteiger partial charge on any atom is -0.456 e. The Morgan fingerprint density at radius 2 is 0.940 bits per heavy atom. The molecule has 0 aliphatic heterocycles. The molecule has 2 aromatic heterocycles. The first-order chi connectivity index (χ1) is 24.7. The van der Waals surface area contributed by atoms with Crippen molar-refractivity contribution in [3.8, 4) is 67.5 Å². The van der Waals surface area contributed by atoms with Crippen molar-refractivity contribution >= 4 is 21.9 Å². The first-order valence-corrected chi connectivity index (χ1v) is 16.8. The highest BCUT2D eigenvalue weighted by Gasteiger charge is 2.19. The molecular weight excluding hydrogens is 611 g/mol. The minimum absolute atomic E-state index is 0.585. The van der Waals surface area contributed by atoms with E-state index in [4.69, 9.17) is 19.4 Å². The minimum atomic E-state index is 0.585. The van der Waals surface area contributed by atoms with E-state index in [0.717, 1.165) is 66.4 Å². The number of aromatic nitrogens is 3. The summed E-state index contributed by atoms with van der Waals surface area (Å²) in [5.41, 5.74) is 12.3. The summed E-state index contributed by atoms with van der Waals surface area (Å²) in [5, 5.41) is 2.15. The van der Waals surface area contributed by atoms with E-state index in [2.05, 4.69) is 122 Å². The second-order valence-electron chi connectivity index (χ2n) is 12.5. The smallest absolute Gasteiger partial charge is 0.164 e. The van der Waals surface area contributed by atoms with Crippen LogP contribution in [-0.4, -0.2) is 15.0 Å². The number of aryl methyl sites for hydroxylation is 1. The van der Waals surface area contributed by atoms with Gasteiger partial charge in [-0.05, 0) is 70.6 Å². The van der Waals surface area contributed by atoms with Crippen molar-refractivity contribution < 1.29 is 4.42 Å². The molecule has 0 saturated carbocycles. The zero-order valence-corrected chi connectivity index (χ0v) is 27.4. The summed E-state index contributed by atoms with van der Waals surface area (Å²) in [7, 11) is 0. The number of fused-ring (bicyclic) bond motifs is 3. The van der Waals surface area contributed by atoms with E-state index in [-0.39, 0.29) is 0 Å². The lowest BCUT2D eigenvalue weighted by Crippen LogP contribution is -2.01. The lowest BCUT2D eigenvalue weighted by atomic mass is 9.93. The monoisotopic (exact) mass is 641 g/mol. The number of nitrogens with zero attached hydrogens (tertiary/aromatic N) is 3. The van der Waals surface area contributed by atoms with E-state index in [9.17, 15) is 0 Å². The van der Waals surface area contributed by atoms with Gasteiger partial charge in [-0.1, -0.05) is 145 Å². The highest BCUT2D eigenvalue weighted by molar-refractivity contribution is 6.13. The Hall–Kier alpha value is -6.65. The van der Waals surface area contributed by atoms with Crippen molar-refractivity contribution in [3.63, 3.8) is 0 Å². The molecule has 7 aromatic carbocycles. The molecule has 50 heavy (non-hydrogen) atoms. The van der Waals surface area contributed by atoms with Crippen molar-refractivity contribution in [1.29, 1.82) is 0 Å². The molecule has 4 nitrogen and oxygen atoms in total. The van der Waals surface area contributed by atoms with Gasteiger partial charge in [0.25, 0.3) is 0 Å². The van der Waals surface area contributed by atoms with Crippen LogP contribution in [0.25, 0.3) is 89.5 Å². The number of benzene rings is 7. The fourth-order valence-corrected chi connectivity index (χ4v) is 6.76. The predicted molar refractivity (Wildman–Crippen MR) is 204 cm³/mol. The van der Waals surface area contributed by atoms with E-state index in [1.54, 1.807) is 0 Å². The molecule has 0 radical (unpaired) electrons. The Labute approximate surface area is 290 Å². The summed E-state index contributed by atoms with van der Waals surface area (Å²) in [4.78, 5) is 15.3. The summed E-state index contributed by atoms with van der Waals surface area (Å²) in [6.45, 7) is 2.12. The third kappa shape index (κ3) is 5.43. The second-order valence-corrected chi connectivity index (χ2v) is 12.5. The fourth-order valence-electron chi connectivity index (χ4n) is 6.76. The summed E-state index contributed by atoms with van der Waals surface area (Å²) in [6.07, 6.45) is 0. The van der Waals surface area contributed by atoms with Gasteiger partial charge in [0.15, 0.2) is 17.5 Å². The predicted octanol–water partition coefficient (Wildman–Crippen LogP) is 12.1. The first kappa shape index (κ1) is 29.5. The maximum Gasteiger partial charge on any atom is 0.164 e. The highest BCUT2D eigenvalue weighted by atomic mass is 16.3. The van der Waals surface area contributed by atoms with Crippen LogP contribution in [0.3, 0.4) is 0 Å². The van der Waals surface area contributed by atoms with Gasteiger partial charge in [-0.15, -0.1) is 0 Å². The average molecular weight is 642 g/mol. The summed E-state index contributed by atoms with van der Waals surface area (Å²) in [5.74, 6) is 1.81. The molecule has 0 saturated heterocycles. The van der Waals surface area contributed by atoms with Gasteiger partial charge in [-0.3, -0.25) is 0 Å². The molecule has 0 amide bonds. The molecule has 0 atom stereocenters. The SMILES string of the molecule is Cc1cccc(-c2ccc(-c3nc(-c4ccccc4)nc(-c4ccc5c(c4)oc4cccc(-c6ccccc6)c45)n3)c(-c3ccccc3)c2)c1. The van der Waals surface area contributed by atoms with Crippen LogP contribution in [0.2, 0.25) is 0 Å². The molecule has 0 aliphatic carbocycles. The first-order valence-electron chi connectivity index (χ1n) is 16.8. The molecule has 0 fully saturated rings. The summed E-state index contributed by atoms with van der Waals surface area (Å²) in [6, 6.07) is 58.6. The Morgan fingerprint density at radius 1 is 0.360 bits per heavy atom. The number of hydrogen-bond acceptors (Lipinski definition) is 4. The van der Waals surface area contributed by atoms with Gasteiger partial charge in [0.05, 0.1) is 0 Å². The third-order valence-corrected chi connectivity index (χ3v) is 9.20. The van der Waals surface area contributed by atoms with Crippen molar-refractivity contribution in [2.24, 2.45) is 0 Å². The molecule has 2 heterocycles. The van der Waals surface area contributed by atoms with Gasteiger partial charge in [-0.25, -0.2) is 15.0 Å². The molecule has 236 valence electrons. The van der Waals surface area contributed by atoms with Crippen LogP contribution in [0, 0.1) is 6.92 Å². The van der Waals surface area contributed by atoms with Crippen LogP contribution < -0.4 is 0 Å². The summed E-state index contributed by atoms with van der Waals surface area (Å²) >= 11 is 0. The van der Waals surface area contributed by atoms with Crippen LogP contribution in [0.4, 0.5) is 0 Å². The van der Waals surface area contributed by atoms with Crippen molar-refractivity contribution in [2.75, 3.05) is 0 Å². The second kappa shape index (κ2) is 12.4. The van der Waals surface area contributed by atoms with Crippen molar-refractivity contribution in [2.45, 2.75) is 6.92 Å². The van der Waals surface area contributed by atoms with E-state index >= 15 is 0 Å². The van der Waals surface area contributed by atoms with E-state index in [0.29, 0.717) is 17.5 Å². The Balaban J connectivity index is 1.23. The lowest BCUT2D eigenvalue weighted by molar-refractivity contribution is 0.669. The van der Waals surface area contributed by atoms with Crippen LogP contribution >= 0.6 is 0 Å². The largest absolute Gasteiger partial charge is 0.456 e. The molecule has 0 aliphatic rings. The Morgan fingerprint density at radius 3 is 1.66 bits per heavy atom. The van der Waals surface area contributed by atoms with Crippen LogP contribution in [-0.2, 0) is 0 Å². The highest BCUT2D eigenvalue weighted by Crippen LogP contribution is 2.39. The van der Waals surface area contributed by atoms with Gasteiger partial charge < -0.3 is 4.42 Å². The van der Waals surface area contributed by atoms with Gasteiger partial charge in [0.1, 0.15) is 11.2 Å². The van der Waals surface area contributed by atoms with E-state index < -0.39 is 0 Å². The molecule has 0 spiro atoms. The fraction of sp³-hybridized carbons (Fsp3) is 0.0217. The molecule has 0 bridgehead atoms. The Kier molecular flexibility index (Phi) is 7.33. The van der Waals surface area contributed by atoms with E-state index in [1.165, 1.54) is 11.1 Å². The standard InChI is InChI=1S/C46H31N3O/c1-30-13-11-20-34(27-30)35-23-25-38(40(28-35)32-16-7-3-8-17-32)46-48-44(33-18-9-4-10-19-33)47-45(49-46)36-24-26-39-42(29-36)50-41-22-12-21-37(43(39)41)31-14-5-2-6-15-31/h2-29H,1H3. The zero-order valence-electron chi connectivity index (χ0n) is 27.4. The molecule has 9 aromatic rings. The molecule has 0 N–H and O–H groups in total. The quantitative estimate of drug-likeness (QED) is 0.181. The van der Waals surface area contributed by atoms with Crippen LogP contribution in [0.1, 0.15) is 5.56 Å². The number of furan rings is 1. The number of hydrogen-bond donors (Lipinski definition) is 0. The average Bonchev–Trinajstić information content (AvgIpc) is 3.57. The van der Waals surface area contributed by atoms with Gasteiger partial charge >= 0.3 is 0 Å². The third-order valence-electron chi connectivity index (χ3n) is 9.20. The maximum absolute atomic E-state index is 6.48. The molecule has 0 unspecified atom stereocenters. The van der Waals surface area contributed by atoms with Crippen LogP contribution in [0.5, 0.6) is 0 Å². The van der Waals surface area contributed by atoms with E-state index in [1.807, 2.05) is 54.6 Å². The van der Waals surface area contributed by atoms with Crippen molar-refractivity contribution in [1.82, 2.24) is 15.0 Å². The molecular formula is C46H31N3O. The van der Waals surface area contributed by atoms with Gasteiger partial charge in [0, 0.05) is 27.5 Å². The Bertz CT molecular complexity index is 2650. The molecule has 9 rings (SSSR count).